The van der Waals surface area contributed by atoms with Crippen LogP contribution in [0.25, 0.3) is 11.1 Å². The number of hydrogen-bond acceptors (Lipinski definition) is 24. The van der Waals surface area contributed by atoms with Crippen LogP contribution in [0.5, 0.6) is 69.0 Å². The molecule has 34 heteroatoms. The van der Waals surface area contributed by atoms with E-state index in [0.29, 0.717) is 24.3 Å². The number of fused-ring (bicyclic) bond motifs is 14. The van der Waals surface area contributed by atoms with E-state index in [1.165, 1.54) is 49.5 Å². The molecule has 0 unspecified atom stereocenters. The highest BCUT2D eigenvalue weighted by atomic mass is 35.5. The van der Waals surface area contributed by atoms with Crippen LogP contribution in [0.2, 0.25) is 10.0 Å². The highest BCUT2D eigenvalue weighted by molar-refractivity contribution is 6.33. The van der Waals surface area contributed by atoms with Crippen molar-refractivity contribution in [3.05, 3.63) is 164 Å². The van der Waals surface area contributed by atoms with Crippen LogP contribution < -0.4 is 61.5 Å². The van der Waals surface area contributed by atoms with Gasteiger partial charge in [-0.25, -0.2) is 9.59 Å². The smallest absolute Gasteiger partial charge is 0.337 e. The van der Waals surface area contributed by atoms with Gasteiger partial charge in [-0.15, -0.1) is 0 Å². The average Bonchev–Trinajstić information content (AvgIpc) is 0.768. The number of amides is 7. The number of benzene rings is 7. The molecular weight excluding hydrogens is 1500 g/mol. The monoisotopic (exact) mass is 1580 g/mol. The number of carboxylic acid groups (broad SMARTS) is 1. The minimum Gasteiger partial charge on any atom is -0.508 e. The number of carbonyl (C=O) groups is 9. The van der Waals surface area contributed by atoms with Crippen molar-refractivity contribution in [3.63, 3.8) is 0 Å². The summed E-state index contributed by atoms with van der Waals surface area (Å²) in [5, 5.41) is 124. The number of phenols is 5. The predicted octanol–water partition coefficient (Wildman–Crippen LogP) is 6.80. The lowest BCUT2D eigenvalue weighted by Gasteiger charge is -2.41. The van der Waals surface area contributed by atoms with E-state index in [1.54, 1.807) is 0 Å². The molecule has 7 aliphatic heterocycles. The number of rotatable bonds is 15. The first-order valence-corrected chi connectivity index (χ1v) is 36.5. The van der Waals surface area contributed by atoms with Crippen molar-refractivity contribution >= 4 is 76.5 Å². The van der Waals surface area contributed by atoms with E-state index in [2.05, 4.69) is 56.4 Å². The number of aromatic hydroxyl groups is 5. The molecule has 7 amide bonds. The Morgan fingerprint density at radius 3 is 1.90 bits per heavy atom. The van der Waals surface area contributed by atoms with E-state index in [0.717, 1.165) is 112 Å². The fourth-order valence-corrected chi connectivity index (χ4v) is 14.4. The minimum atomic E-state index is -2.37. The van der Waals surface area contributed by atoms with Gasteiger partial charge < -0.3 is 117 Å². The quantitative estimate of drug-likeness (QED) is 0.0370. The molecule has 112 heavy (non-hydrogen) atoms. The van der Waals surface area contributed by atoms with Gasteiger partial charge in [0, 0.05) is 47.2 Å². The second-order valence-corrected chi connectivity index (χ2v) is 28.8. The molecule has 14 rings (SSSR count). The molecule has 13 atom stereocenters. The molecule has 7 aromatic carbocycles. The van der Waals surface area contributed by atoms with Crippen molar-refractivity contribution in [2.24, 2.45) is 5.92 Å². The number of unbranched alkanes of at least 4 members (excludes halogenated alkanes) is 5. The largest absolute Gasteiger partial charge is 0.508 e. The predicted molar refractivity (Wildman–Crippen MR) is 395 cm³/mol. The van der Waals surface area contributed by atoms with Gasteiger partial charge in [0.25, 0.3) is 0 Å². The molecule has 0 aromatic heterocycles. The van der Waals surface area contributed by atoms with Gasteiger partial charge >= 0.3 is 11.9 Å². The van der Waals surface area contributed by atoms with Gasteiger partial charge in [-0.1, -0.05) is 106 Å². The van der Waals surface area contributed by atoms with Gasteiger partial charge in [-0.2, -0.15) is 0 Å². The topological polar surface area (TPSA) is 487 Å². The summed E-state index contributed by atoms with van der Waals surface area (Å²) in [6.07, 6.45) is -5.16. The van der Waals surface area contributed by atoms with Crippen molar-refractivity contribution in [3.8, 4) is 80.1 Å². The number of aliphatic hydroxyl groups is 3. The maximum atomic E-state index is 16.4. The van der Waals surface area contributed by atoms with Gasteiger partial charge in [0.05, 0.1) is 17.2 Å². The summed E-state index contributed by atoms with van der Waals surface area (Å²) in [6.45, 7) is 4.29. The molecular formula is C78H80Cl2N8O24. The van der Waals surface area contributed by atoms with E-state index in [1.807, 2.05) is 0 Å². The normalized spacial score (nSPS) is 23.6. The second kappa shape index (κ2) is 33.9. The number of carboxylic acids is 1. The molecule has 1 saturated heterocycles. The van der Waals surface area contributed by atoms with Gasteiger partial charge in [0.2, 0.25) is 53.4 Å². The first-order chi connectivity index (χ1) is 53.5. The summed E-state index contributed by atoms with van der Waals surface area (Å²) in [4.78, 5) is 134. The lowest BCUT2D eigenvalue weighted by Crippen LogP contribution is -2.66. The van der Waals surface area contributed by atoms with Crippen LogP contribution >= 0.6 is 23.2 Å². The van der Waals surface area contributed by atoms with Crippen LogP contribution in [-0.4, -0.2) is 156 Å². The van der Waals surface area contributed by atoms with Gasteiger partial charge in [0.15, 0.2) is 35.1 Å². The zero-order valence-corrected chi connectivity index (χ0v) is 61.8. The summed E-state index contributed by atoms with van der Waals surface area (Å²) >= 11 is 14.1. The molecule has 17 N–H and O–H groups in total. The Morgan fingerprint density at radius 1 is 0.571 bits per heavy atom. The Morgan fingerprint density at radius 2 is 1.21 bits per heavy atom. The van der Waals surface area contributed by atoms with Crippen LogP contribution in [0.1, 0.15) is 140 Å². The molecule has 0 aliphatic carbocycles. The first kappa shape index (κ1) is 79.9. The molecule has 0 saturated carbocycles. The number of nitrogens with one attached hydrogen (secondary N) is 8. The number of methoxy groups -OCH3 is 1. The number of aliphatic hydroxyl groups excluding tert-OH is 3. The lowest BCUT2D eigenvalue weighted by atomic mass is 9.89. The Bertz CT molecular complexity index is 4860. The number of hydrogen-bond donors (Lipinski definition) is 17. The second-order valence-electron chi connectivity index (χ2n) is 28.0. The third kappa shape index (κ3) is 17.3. The van der Waals surface area contributed by atoms with Crippen molar-refractivity contribution in [2.45, 2.75) is 151 Å². The maximum Gasteiger partial charge on any atom is 0.337 e. The molecule has 32 nitrogen and oxygen atoms in total. The van der Waals surface area contributed by atoms with Gasteiger partial charge in [-0.3, -0.25) is 33.6 Å². The van der Waals surface area contributed by atoms with Gasteiger partial charge in [0.1, 0.15) is 101 Å². The third-order valence-corrected chi connectivity index (χ3v) is 20.5. The Labute approximate surface area is 648 Å². The van der Waals surface area contributed by atoms with Crippen LogP contribution in [0, 0.1) is 5.92 Å². The van der Waals surface area contributed by atoms with E-state index < -0.39 is 216 Å². The zero-order chi connectivity index (χ0) is 80.3. The van der Waals surface area contributed by atoms with E-state index in [9.17, 15) is 69.9 Å². The number of phenolic OH excluding ortho intramolecular Hbond substituents is 5. The molecule has 7 aromatic rings. The Balaban J connectivity index is 1.09. The Hall–Kier alpha value is -11.7. The van der Waals surface area contributed by atoms with Crippen LogP contribution in [0.4, 0.5) is 0 Å². The molecule has 7 heterocycles. The van der Waals surface area contributed by atoms with E-state index in [4.69, 9.17) is 51.6 Å². The molecule has 17 bridgehead atoms. The molecule has 590 valence electrons. The van der Waals surface area contributed by atoms with E-state index in [-0.39, 0.29) is 52.5 Å². The standard InChI is InChI=1S/C78H80Cl2N8O24/c1-33(2)11-9-7-5-6-8-10-12-55(94)83-64-66(96)67(97)69(77(106)107-4)112-78(64)111-68-53-27-38-28-54(68)110-51-22-17-37(25-45(51)79)65(95)63-75(103)87-62(76(104)105)43-29-39(89)30-49(92)56(43)42-24-35(15-20-47(42)90)59(72(100)88-63)84-73(101)60(38)85-74(102)61-44-31-41(32-50(93)57(44)80)109-52-26-36(16-21-48(52)91)58(81-3)71(99)82-46(70(98)86-61)23-34-13-18-40(108-53)19-14-34/h13-22,24-33,46,58-67,69,78,81,89-93,95-97H,5-12,23H2,1-4H3,(H,82,99)(H,83,94)(H,84,101)(H,85,102)(H,86,98)(H,87,103)(H,88,100)(H,104,105)/t46-,58+,59-,60-,61+,62-,63+,64-,65-,66-,67+,69+,78-/m1/s1. The summed E-state index contributed by atoms with van der Waals surface area (Å²) in [5.74, 6) is -17.2. The van der Waals surface area contributed by atoms with E-state index >= 15 is 19.2 Å². The number of esters is 1. The number of likely N-dealkylation sites (N-methyl/N-ethyl adjacent to an activating group) is 1. The van der Waals surface area contributed by atoms with Crippen LogP contribution in [0.3, 0.4) is 0 Å². The molecule has 0 spiro atoms. The fourth-order valence-electron chi connectivity index (χ4n) is 13.9. The molecule has 7 aliphatic rings. The third-order valence-electron chi connectivity index (χ3n) is 19.8. The summed E-state index contributed by atoms with van der Waals surface area (Å²) in [6, 6.07) is 6.02. The highest BCUT2D eigenvalue weighted by Crippen LogP contribution is 2.50. The highest BCUT2D eigenvalue weighted by Gasteiger charge is 2.51. The maximum absolute atomic E-state index is 16.4. The minimum absolute atomic E-state index is 0.0943. The van der Waals surface area contributed by atoms with Crippen molar-refractivity contribution in [1.29, 1.82) is 0 Å². The average molecular weight is 1580 g/mol. The number of aliphatic carboxylic acids is 1. The zero-order valence-electron chi connectivity index (χ0n) is 60.3. The number of carbonyl (C=O) groups excluding carboxylic acids is 8. The van der Waals surface area contributed by atoms with Crippen LogP contribution in [-0.2, 0) is 59.0 Å². The first-order valence-electron chi connectivity index (χ1n) is 35.8. The number of ether oxygens (including phenoxy) is 6. The molecule has 1 fully saturated rings. The molecule has 0 radical (unpaired) electrons. The Kier molecular flexibility index (Phi) is 24.2. The fraction of sp³-hybridized carbons (Fsp3) is 0.346. The SMILES string of the molecule is CN[C@@H]1C(=O)N[C@@H]2Cc3ccc(cc3)Oc3cc4cc(c3O[C@@H]3O[C@H](C(=O)OC)[C@@H](O)[C@H](O)[C@H]3NC(=O)CCCCCCCCC(C)C)Oc3ccc(cc3Cl)[C@@H](O)[C@@H]3NC(=O)[C@H](NC(=O)[C@@H]4NC(=O)[C@@H](NC2=O)c2cc(cc(O)c2Cl)Oc2cc1ccc2O)c1ccc(O)c(c1)-c1c(O)cc(O)cc1[C@H](C(=O)O)NC3=O. The summed E-state index contributed by atoms with van der Waals surface area (Å²) in [7, 11) is 2.41. The van der Waals surface area contributed by atoms with Crippen molar-refractivity contribution in [1.82, 2.24) is 42.5 Å². The summed E-state index contributed by atoms with van der Waals surface area (Å²) < 4.78 is 37.5. The number of halogens is 2. The van der Waals surface area contributed by atoms with Crippen molar-refractivity contribution in [2.75, 3.05) is 14.2 Å². The summed E-state index contributed by atoms with van der Waals surface area (Å²) in [5.41, 5.74) is -2.58. The lowest BCUT2D eigenvalue weighted by molar-refractivity contribution is -0.242. The van der Waals surface area contributed by atoms with Crippen LogP contribution in [0.15, 0.2) is 115 Å². The van der Waals surface area contributed by atoms with Gasteiger partial charge in [-0.05, 0) is 120 Å². The van der Waals surface area contributed by atoms with Crippen molar-refractivity contribution < 1.29 is 118 Å².